The maximum atomic E-state index is 10.5. The monoisotopic (exact) mass is 263 g/mol. The van der Waals surface area contributed by atoms with Gasteiger partial charge in [-0.2, -0.15) is 0 Å². The number of hydrogen-bond acceptors (Lipinski definition) is 3. The molecule has 1 rings (SSSR count). The first-order chi connectivity index (χ1) is 9.22. The summed E-state index contributed by atoms with van der Waals surface area (Å²) in [6.45, 7) is 1.05. The van der Waals surface area contributed by atoms with Crippen LogP contribution in [-0.4, -0.2) is 23.7 Å². The number of carboxylic acids is 1. The number of carbonyl (C=O) groups is 1. The number of ether oxygens (including phenoxy) is 1. The predicted molar refractivity (Wildman–Crippen MR) is 70.5 cm³/mol. The summed E-state index contributed by atoms with van der Waals surface area (Å²) >= 11 is 0. The fraction of sp³-hybridized carbons (Fsp3) is 0.462. The highest BCUT2D eigenvalue weighted by molar-refractivity contribution is 5.67. The normalized spacial score (nSPS) is 11.6. The fourth-order valence-corrected chi connectivity index (χ4v) is 1.66. The van der Waals surface area contributed by atoms with Crippen molar-refractivity contribution in [2.45, 2.75) is 31.9 Å². The molecule has 1 aromatic rings. The maximum Gasteiger partial charge on any atom is 0.303 e. The quantitative estimate of drug-likeness (QED) is 0.321. The molecule has 0 bridgehead atoms. The Hall–Kier alpha value is -2.04. The van der Waals surface area contributed by atoms with Gasteiger partial charge in [0, 0.05) is 17.6 Å². The summed E-state index contributed by atoms with van der Waals surface area (Å²) in [6.07, 6.45) is 1.05. The van der Waals surface area contributed by atoms with Gasteiger partial charge in [0.2, 0.25) is 0 Å². The zero-order chi connectivity index (χ0) is 13.9. The van der Waals surface area contributed by atoms with Crippen molar-refractivity contribution in [3.05, 3.63) is 46.3 Å². The number of hydrogen-bond donors (Lipinski definition) is 1. The number of benzene rings is 1. The molecular weight excluding hydrogens is 246 g/mol. The molecule has 102 valence electrons. The van der Waals surface area contributed by atoms with Gasteiger partial charge in [0.1, 0.15) is 0 Å². The molecule has 0 unspecified atom stereocenters. The van der Waals surface area contributed by atoms with Gasteiger partial charge in [-0.3, -0.25) is 4.79 Å². The largest absolute Gasteiger partial charge is 0.481 e. The van der Waals surface area contributed by atoms with E-state index in [-0.39, 0.29) is 6.42 Å². The first-order valence-electron chi connectivity index (χ1n) is 6.10. The first kappa shape index (κ1) is 15.0. The zero-order valence-corrected chi connectivity index (χ0v) is 10.6. The number of nitrogens with zero attached hydrogens (tertiary/aromatic N) is 3. The Labute approximate surface area is 111 Å². The smallest absolute Gasteiger partial charge is 0.303 e. The summed E-state index contributed by atoms with van der Waals surface area (Å²) in [6, 6.07) is 9.30. The van der Waals surface area contributed by atoms with Crippen LogP contribution in [0.3, 0.4) is 0 Å². The van der Waals surface area contributed by atoms with E-state index < -0.39 is 12.0 Å². The molecule has 6 heteroatoms. The molecule has 0 aromatic heterocycles. The van der Waals surface area contributed by atoms with Crippen LogP contribution < -0.4 is 0 Å². The minimum Gasteiger partial charge on any atom is -0.481 e. The zero-order valence-electron chi connectivity index (χ0n) is 10.6. The van der Waals surface area contributed by atoms with Crippen molar-refractivity contribution >= 4 is 5.97 Å². The van der Waals surface area contributed by atoms with E-state index in [0.29, 0.717) is 26.1 Å². The molecule has 0 saturated heterocycles. The van der Waals surface area contributed by atoms with Gasteiger partial charge in [-0.25, -0.2) is 0 Å². The van der Waals surface area contributed by atoms with E-state index in [4.69, 9.17) is 15.4 Å². The molecule has 0 aliphatic rings. The number of azide groups is 1. The predicted octanol–water partition coefficient (Wildman–Crippen LogP) is 3.14. The first-order valence-corrected chi connectivity index (χ1v) is 6.10. The molecule has 1 aromatic carbocycles. The lowest BCUT2D eigenvalue weighted by atomic mass is 10.1. The molecule has 0 saturated carbocycles. The number of aliphatic carboxylic acids is 1. The molecular formula is C13H17N3O3. The van der Waals surface area contributed by atoms with Crippen molar-refractivity contribution in [2.24, 2.45) is 5.11 Å². The van der Waals surface area contributed by atoms with Crippen molar-refractivity contribution in [1.29, 1.82) is 0 Å². The molecule has 0 aliphatic carbocycles. The Morgan fingerprint density at radius 2 is 2.16 bits per heavy atom. The van der Waals surface area contributed by atoms with E-state index in [0.717, 1.165) is 5.56 Å². The van der Waals surface area contributed by atoms with Gasteiger partial charge in [0.05, 0.1) is 13.0 Å². The van der Waals surface area contributed by atoms with Crippen molar-refractivity contribution in [1.82, 2.24) is 0 Å². The van der Waals surface area contributed by atoms with Crippen LogP contribution in [0, 0.1) is 0 Å². The molecule has 1 atom stereocenters. The summed E-state index contributed by atoms with van der Waals surface area (Å²) in [5.41, 5.74) is 9.43. The highest BCUT2D eigenvalue weighted by Gasteiger charge is 2.10. The summed E-state index contributed by atoms with van der Waals surface area (Å²) in [7, 11) is 0. The van der Waals surface area contributed by atoms with Gasteiger partial charge in [-0.15, -0.1) is 0 Å². The van der Waals surface area contributed by atoms with E-state index in [1.165, 1.54) is 0 Å². The molecule has 6 nitrogen and oxygen atoms in total. The minimum atomic E-state index is -0.956. The Balaban J connectivity index is 2.18. The van der Waals surface area contributed by atoms with Gasteiger partial charge in [-0.05, 0) is 23.9 Å². The van der Waals surface area contributed by atoms with Crippen molar-refractivity contribution < 1.29 is 14.6 Å². The van der Waals surface area contributed by atoms with Gasteiger partial charge in [-0.1, -0.05) is 35.4 Å². The molecule has 19 heavy (non-hydrogen) atoms. The SMILES string of the molecule is [N-]=[N+]=N[C@@H](CCCOCc1ccccc1)CC(=O)O. The lowest BCUT2D eigenvalue weighted by Gasteiger charge is -2.08. The Kier molecular flexibility index (Phi) is 7.09. The number of carboxylic acid groups (broad SMARTS) is 1. The van der Waals surface area contributed by atoms with Gasteiger partial charge >= 0.3 is 5.97 Å². The highest BCUT2D eigenvalue weighted by Crippen LogP contribution is 2.08. The van der Waals surface area contributed by atoms with Crippen LogP contribution in [0.2, 0.25) is 0 Å². The maximum absolute atomic E-state index is 10.5. The van der Waals surface area contributed by atoms with Crippen LogP contribution in [0.5, 0.6) is 0 Å². The van der Waals surface area contributed by atoms with E-state index in [2.05, 4.69) is 10.0 Å². The third-order valence-electron chi connectivity index (χ3n) is 2.56. The second-order valence-electron chi connectivity index (χ2n) is 4.14. The summed E-state index contributed by atoms with van der Waals surface area (Å²) in [4.78, 5) is 13.2. The lowest BCUT2D eigenvalue weighted by Crippen LogP contribution is -2.11. The van der Waals surface area contributed by atoms with Crippen molar-refractivity contribution in [2.75, 3.05) is 6.61 Å². The van der Waals surface area contributed by atoms with Crippen LogP contribution in [-0.2, 0) is 16.1 Å². The van der Waals surface area contributed by atoms with Crippen LogP contribution >= 0.6 is 0 Å². The van der Waals surface area contributed by atoms with Gasteiger partial charge < -0.3 is 9.84 Å². The molecule has 0 amide bonds. The molecule has 1 N–H and O–H groups in total. The van der Waals surface area contributed by atoms with E-state index >= 15 is 0 Å². The van der Waals surface area contributed by atoms with Crippen LogP contribution in [0.4, 0.5) is 0 Å². The van der Waals surface area contributed by atoms with E-state index in [1.54, 1.807) is 0 Å². The third kappa shape index (κ3) is 7.08. The van der Waals surface area contributed by atoms with E-state index in [9.17, 15) is 4.79 Å². The third-order valence-corrected chi connectivity index (χ3v) is 2.56. The molecule has 0 aliphatic heterocycles. The van der Waals surface area contributed by atoms with Crippen molar-refractivity contribution in [3.63, 3.8) is 0 Å². The summed E-state index contributed by atoms with van der Waals surface area (Å²) in [5.74, 6) is -0.956. The number of rotatable bonds is 9. The van der Waals surface area contributed by atoms with Crippen LogP contribution in [0.1, 0.15) is 24.8 Å². The molecule has 0 spiro atoms. The van der Waals surface area contributed by atoms with Gasteiger partial charge in [0.25, 0.3) is 0 Å². The average Bonchev–Trinajstić information content (AvgIpc) is 2.39. The fourth-order valence-electron chi connectivity index (χ4n) is 1.66. The second kappa shape index (κ2) is 8.97. The average molecular weight is 263 g/mol. The molecule has 0 heterocycles. The second-order valence-corrected chi connectivity index (χ2v) is 4.14. The standard InChI is InChI=1S/C13H17N3O3/c14-16-15-12(9-13(17)18)7-4-8-19-10-11-5-2-1-3-6-11/h1-3,5-6,12H,4,7-10H2,(H,17,18)/t12-/m0/s1. The Morgan fingerprint density at radius 3 is 2.79 bits per heavy atom. The van der Waals surface area contributed by atoms with Crippen LogP contribution in [0.15, 0.2) is 35.4 Å². The Bertz CT molecular complexity index is 430. The highest BCUT2D eigenvalue weighted by atomic mass is 16.5. The molecule has 0 fully saturated rings. The molecule has 0 radical (unpaired) electrons. The van der Waals surface area contributed by atoms with E-state index in [1.807, 2.05) is 30.3 Å². The summed E-state index contributed by atoms with van der Waals surface area (Å²) < 4.78 is 5.47. The van der Waals surface area contributed by atoms with Gasteiger partial charge in [0.15, 0.2) is 0 Å². The Morgan fingerprint density at radius 1 is 1.42 bits per heavy atom. The topological polar surface area (TPSA) is 95.3 Å². The summed E-state index contributed by atoms with van der Waals surface area (Å²) in [5, 5.41) is 12.1. The van der Waals surface area contributed by atoms with Crippen LogP contribution in [0.25, 0.3) is 10.4 Å². The minimum absolute atomic E-state index is 0.136. The lowest BCUT2D eigenvalue weighted by molar-refractivity contribution is -0.137. The van der Waals surface area contributed by atoms with Crippen molar-refractivity contribution in [3.8, 4) is 0 Å².